The Morgan fingerprint density at radius 2 is 0.455 bits per heavy atom. The first-order chi connectivity index (χ1) is 53.7. The van der Waals surface area contributed by atoms with E-state index in [0.29, 0.717) is 38.5 Å². The van der Waals surface area contributed by atoms with Gasteiger partial charge in [-0.1, -0.05) is 279 Å². The highest BCUT2D eigenvalue weighted by molar-refractivity contribution is 7.47. The minimum Gasteiger partial charge on any atom is -0.462 e. The number of rotatable bonds is 74. The number of carbonyl (C=O) groups excluding carboxylic acids is 4. The second-order valence-corrected chi connectivity index (χ2v) is 29.1. The molecule has 5 atom stereocenters. The molecule has 5 unspecified atom stereocenters. The van der Waals surface area contributed by atoms with Gasteiger partial charge < -0.3 is 33.8 Å². The predicted molar refractivity (Wildman–Crippen MR) is 454 cm³/mol. The fourth-order valence-electron chi connectivity index (χ4n) is 9.85. The Hall–Kier alpha value is -6.62. The lowest BCUT2D eigenvalue weighted by atomic mass is 10.1. The highest BCUT2D eigenvalue weighted by Gasteiger charge is 2.30. The van der Waals surface area contributed by atoms with Crippen LogP contribution in [0.3, 0.4) is 0 Å². The van der Waals surface area contributed by atoms with E-state index in [4.69, 9.17) is 37.0 Å². The minimum atomic E-state index is -5.02. The molecule has 0 saturated carbocycles. The van der Waals surface area contributed by atoms with E-state index in [-0.39, 0.29) is 25.7 Å². The normalized spacial score (nSPS) is 14.9. The van der Waals surface area contributed by atoms with Crippen molar-refractivity contribution >= 4 is 39.5 Å². The average Bonchev–Trinajstić information content (AvgIpc) is 0.906. The van der Waals surface area contributed by atoms with Crippen LogP contribution in [0.2, 0.25) is 0 Å². The third-order valence-corrected chi connectivity index (χ3v) is 17.8. The molecule has 0 fully saturated rings. The summed E-state index contributed by atoms with van der Waals surface area (Å²) in [4.78, 5) is 73.2. The molecule has 0 aromatic heterocycles. The van der Waals surface area contributed by atoms with Crippen LogP contribution >= 0.6 is 15.6 Å². The molecule has 0 aliphatic carbocycles. The van der Waals surface area contributed by atoms with E-state index in [2.05, 4.69) is 234 Å². The summed E-state index contributed by atoms with van der Waals surface area (Å²) < 4.78 is 68.6. The smallest absolute Gasteiger partial charge is 0.462 e. The third-order valence-electron chi connectivity index (χ3n) is 15.9. The molecule has 3 N–H and O–H groups in total. The van der Waals surface area contributed by atoms with Crippen molar-refractivity contribution in [2.75, 3.05) is 39.6 Å². The van der Waals surface area contributed by atoms with Gasteiger partial charge in [0.1, 0.15) is 19.3 Å². The summed E-state index contributed by atoms with van der Waals surface area (Å²) in [6.07, 6.45) is 102. The third kappa shape index (κ3) is 79.5. The second kappa shape index (κ2) is 80.4. The summed E-state index contributed by atoms with van der Waals surface area (Å²) in [5, 5.41) is 10.7. The van der Waals surface area contributed by atoms with Gasteiger partial charge in [0.15, 0.2) is 12.2 Å². The highest BCUT2D eigenvalue weighted by Crippen LogP contribution is 2.45. The summed E-state index contributed by atoms with van der Waals surface area (Å²) in [6.45, 7) is 4.22. The zero-order valence-electron chi connectivity index (χ0n) is 67.6. The van der Waals surface area contributed by atoms with Crippen LogP contribution in [-0.4, -0.2) is 96.7 Å². The molecule has 0 aromatic carbocycles. The van der Waals surface area contributed by atoms with Gasteiger partial charge in [0, 0.05) is 25.7 Å². The zero-order valence-corrected chi connectivity index (χ0v) is 69.4. The molecule has 0 amide bonds. The highest BCUT2D eigenvalue weighted by atomic mass is 31.2. The first-order valence-corrected chi connectivity index (χ1v) is 44.0. The van der Waals surface area contributed by atoms with E-state index in [1.54, 1.807) is 0 Å². The van der Waals surface area contributed by atoms with Gasteiger partial charge in [0.2, 0.25) is 0 Å². The number of hydrogen-bond donors (Lipinski definition) is 3. The van der Waals surface area contributed by atoms with Crippen molar-refractivity contribution in [3.8, 4) is 0 Å². The van der Waals surface area contributed by atoms with E-state index in [0.717, 1.165) is 180 Å². The SMILES string of the molecule is CC/C=C\C/C=C\C/C=C\C/C=C\C/C=C\CCCCCC(=O)OCC(COP(=O)(O)OCC(O)COP(=O)(O)OCC(COC(=O)CCCCCCCC/C=C\C/C=C\C/C=C\C/C=C\CC)OC(=O)CCCC/C=C\C/C=C\C/C=C\C/C=C\CC)OC(=O)CCC/C=C\C/C=C\C/C=C\C/C=C\C/C=C\CC. The van der Waals surface area contributed by atoms with Crippen LogP contribution in [0.15, 0.2) is 219 Å². The molecule has 0 bridgehead atoms. The molecule has 618 valence electrons. The fraction of sp³-hybridized carbons (Fsp3) is 0.560. The first kappa shape index (κ1) is 103. The Morgan fingerprint density at radius 3 is 0.745 bits per heavy atom. The fourth-order valence-corrected chi connectivity index (χ4v) is 11.4. The van der Waals surface area contributed by atoms with Gasteiger partial charge in [0.05, 0.1) is 26.4 Å². The van der Waals surface area contributed by atoms with Crippen molar-refractivity contribution in [1.29, 1.82) is 0 Å². The van der Waals surface area contributed by atoms with Crippen molar-refractivity contribution in [3.05, 3.63) is 219 Å². The van der Waals surface area contributed by atoms with E-state index < -0.39 is 97.5 Å². The largest absolute Gasteiger partial charge is 0.472 e. The number of allylic oxidation sites excluding steroid dienone is 36. The predicted octanol–water partition coefficient (Wildman–Crippen LogP) is 24.4. The summed E-state index contributed by atoms with van der Waals surface area (Å²) >= 11 is 0. The Kier molecular flexibility index (Phi) is 75.6. The molecule has 0 rings (SSSR count). The van der Waals surface area contributed by atoms with Crippen LogP contribution in [0, 0.1) is 0 Å². The Labute approximate surface area is 664 Å². The molecule has 0 aromatic rings. The van der Waals surface area contributed by atoms with Crippen LogP contribution in [0.25, 0.3) is 0 Å². The number of unbranched alkanes of at least 4 members (excludes halogenated alkanes) is 12. The maximum absolute atomic E-state index is 13.1. The lowest BCUT2D eigenvalue weighted by molar-refractivity contribution is -0.161. The van der Waals surface area contributed by atoms with Crippen molar-refractivity contribution in [1.82, 2.24) is 0 Å². The number of hydrogen-bond acceptors (Lipinski definition) is 15. The van der Waals surface area contributed by atoms with Crippen molar-refractivity contribution in [3.63, 3.8) is 0 Å². The summed E-state index contributed by atoms with van der Waals surface area (Å²) in [5.74, 6) is -2.37. The summed E-state index contributed by atoms with van der Waals surface area (Å²) in [6, 6.07) is 0. The van der Waals surface area contributed by atoms with Crippen LogP contribution in [0.4, 0.5) is 0 Å². The summed E-state index contributed by atoms with van der Waals surface area (Å²) in [7, 11) is -10.0. The number of phosphoric ester groups is 2. The number of aliphatic hydroxyl groups excluding tert-OH is 1. The van der Waals surface area contributed by atoms with Gasteiger partial charge in [-0.25, -0.2) is 9.13 Å². The molecule has 0 spiro atoms. The van der Waals surface area contributed by atoms with E-state index in [9.17, 15) is 43.2 Å². The van der Waals surface area contributed by atoms with Gasteiger partial charge >= 0.3 is 39.5 Å². The Bertz CT molecular complexity index is 2950. The molecule has 17 nitrogen and oxygen atoms in total. The van der Waals surface area contributed by atoms with Crippen molar-refractivity contribution in [2.45, 2.75) is 290 Å². The van der Waals surface area contributed by atoms with Crippen molar-refractivity contribution in [2.24, 2.45) is 0 Å². The quantitative estimate of drug-likeness (QED) is 0.0169. The average molecular weight is 1570 g/mol. The monoisotopic (exact) mass is 1570 g/mol. The van der Waals surface area contributed by atoms with E-state index >= 15 is 0 Å². The molecular formula is C91H142O17P2. The Morgan fingerprint density at radius 1 is 0.255 bits per heavy atom. The van der Waals surface area contributed by atoms with Gasteiger partial charge in [0.25, 0.3) is 0 Å². The number of carbonyl (C=O) groups is 4. The Balaban J connectivity index is 5.53. The molecule has 0 aliphatic rings. The van der Waals surface area contributed by atoms with Crippen LogP contribution < -0.4 is 0 Å². The van der Waals surface area contributed by atoms with Gasteiger partial charge in [-0.05, 0) is 186 Å². The number of esters is 4. The van der Waals surface area contributed by atoms with Crippen LogP contribution in [0.5, 0.6) is 0 Å². The number of phosphoric acid groups is 2. The maximum Gasteiger partial charge on any atom is 0.472 e. The molecule has 0 radical (unpaired) electrons. The van der Waals surface area contributed by atoms with E-state index in [1.165, 1.54) is 0 Å². The second-order valence-electron chi connectivity index (χ2n) is 26.2. The minimum absolute atomic E-state index is 0.00210. The molecule has 0 heterocycles. The maximum atomic E-state index is 13.1. The standard InChI is InChI=1S/C91H142O17P2/c1-5-9-13-17-21-25-29-33-37-40-42-45-48-51-55-59-63-67-71-75-88(93)101-81-86(107-90(95)77-73-69-65-61-57-53-47-36-32-28-24-20-16-12-8-4)83-105-109(97,98)103-79-85(92)80-104-110(99,100)106-84-87(108-91(96)78-74-70-66-62-58-54-50-44-39-35-31-27-23-19-15-11-7-3)82-102-89(94)76-72-68-64-60-56-52-49-46-43-41-38-34-30-26-22-18-14-10-6-2/h9-16,21-28,33-39,42-43,45-47,50,52,54,56-57,61-62,66,85-87,92H,5-8,17-20,29-32,40-41,44,48-49,51,53,55,58-60,63-65,67-84H2,1-4H3,(H,97,98)(H,99,100)/b13-9-,14-10-,15-11-,16-12-,25-21-,26-22-,27-23-,28-24-,37-33-,38-34-,39-35-,45-42-,46-43-,47-36-,54-50-,56-52-,61-57-,66-62-. The number of ether oxygens (including phenoxy) is 4. The van der Waals surface area contributed by atoms with Gasteiger partial charge in [-0.2, -0.15) is 0 Å². The topological polar surface area (TPSA) is 237 Å². The lowest BCUT2D eigenvalue weighted by Crippen LogP contribution is -2.30. The van der Waals surface area contributed by atoms with Crippen LogP contribution in [0.1, 0.15) is 272 Å². The molecule has 0 aliphatic heterocycles. The lowest BCUT2D eigenvalue weighted by Gasteiger charge is -2.21. The molecule has 19 heteroatoms. The zero-order chi connectivity index (χ0) is 80.3. The van der Waals surface area contributed by atoms with Crippen LogP contribution in [-0.2, 0) is 65.4 Å². The van der Waals surface area contributed by atoms with Gasteiger partial charge in [-0.3, -0.25) is 37.3 Å². The molecule has 0 saturated heterocycles. The first-order valence-electron chi connectivity index (χ1n) is 41.0. The summed E-state index contributed by atoms with van der Waals surface area (Å²) in [5.41, 5.74) is 0. The molecule has 110 heavy (non-hydrogen) atoms. The van der Waals surface area contributed by atoms with Gasteiger partial charge in [-0.15, -0.1) is 0 Å². The number of aliphatic hydroxyl groups is 1. The molecular weight excluding hydrogens is 1430 g/mol. The van der Waals surface area contributed by atoms with Crippen molar-refractivity contribution < 1.29 is 80.2 Å². The van der Waals surface area contributed by atoms with E-state index in [1.807, 2.05) is 12.2 Å².